The molecule has 7 heteroatoms. The Morgan fingerprint density at radius 2 is 1.38 bits per heavy atom. The van der Waals surface area contributed by atoms with Crippen LogP contribution >= 0.6 is 0 Å². The van der Waals surface area contributed by atoms with Crippen LogP contribution in [-0.4, -0.2) is 13.0 Å². The summed E-state index contributed by atoms with van der Waals surface area (Å²) in [5, 5.41) is 11.4. The topological polar surface area (TPSA) is 86.7 Å². The zero-order chi connectivity index (χ0) is 22.5. The standard InChI is InChI=1S/C25H36O5S.Na/c1-2-3-4-5-6-7-8-9-10-11-12-14-21-17-18-24(20-25(21)31(27,28)29)30-23-16-13-15-22(26)19-23;/h13,15-20,26H,2-12,14H2,1H3,(H,27,28,29);/q;+1/p-1. The molecule has 0 radical (unpaired) electrons. The fraction of sp³-hybridized carbons (Fsp3) is 0.520. The minimum absolute atomic E-state index is 0. The Labute approximate surface area is 215 Å². The fourth-order valence-corrected chi connectivity index (χ4v) is 4.46. The summed E-state index contributed by atoms with van der Waals surface area (Å²) in [6.07, 6.45) is 14.0. The smallest absolute Gasteiger partial charge is 0.872 e. The molecule has 0 bridgehead atoms. The van der Waals surface area contributed by atoms with Crippen LogP contribution in [0.5, 0.6) is 17.2 Å². The maximum atomic E-state index is 11.9. The maximum absolute atomic E-state index is 11.9. The van der Waals surface area contributed by atoms with E-state index in [4.69, 9.17) is 4.74 Å². The van der Waals surface area contributed by atoms with Crippen molar-refractivity contribution in [1.29, 1.82) is 0 Å². The molecule has 0 aliphatic carbocycles. The van der Waals surface area contributed by atoms with E-state index in [0.717, 1.165) is 19.3 Å². The van der Waals surface area contributed by atoms with Crippen LogP contribution in [-0.2, 0) is 16.5 Å². The number of rotatable bonds is 15. The Morgan fingerprint density at radius 3 is 1.94 bits per heavy atom. The summed E-state index contributed by atoms with van der Waals surface area (Å²) in [4.78, 5) is -0.129. The quantitative estimate of drug-likeness (QED) is 0.244. The SMILES string of the molecule is CCCCCCCCCCCCCc1ccc(Oc2cccc([O-])c2)cc1S(=O)(=O)O.[Na+]. The zero-order valence-electron chi connectivity index (χ0n) is 19.5. The molecule has 172 valence electrons. The van der Waals surface area contributed by atoms with Crippen LogP contribution in [0.25, 0.3) is 0 Å². The second-order valence-corrected chi connectivity index (χ2v) is 9.50. The van der Waals surface area contributed by atoms with Crippen molar-refractivity contribution in [1.82, 2.24) is 0 Å². The molecule has 0 amide bonds. The van der Waals surface area contributed by atoms with Gasteiger partial charge >= 0.3 is 29.6 Å². The minimum atomic E-state index is -4.36. The van der Waals surface area contributed by atoms with Gasteiger partial charge in [0.05, 0.1) is 0 Å². The number of hydrogen-bond donors (Lipinski definition) is 1. The second kappa shape index (κ2) is 15.7. The first-order chi connectivity index (χ1) is 14.9. The summed E-state index contributed by atoms with van der Waals surface area (Å²) in [5.74, 6) is 0.397. The Bertz CT molecular complexity index is 899. The van der Waals surface area contributed by atoms with Crippen LogP contribution < -0.4 is 39.4 Å². The molecule has 2 aromatic rings. The van der Waals surface area contributed by atoms with Gasteiger partial charge in [-0.25, -0.2) is 0 Å². The summed E-state index contributed by atoms with van der Waals surface area (Å²) in [7, 11) is -4.36. The van der Waals surface area contributed by atoms with Gasteiger partial charge in [0, 0.05) is 6.07 Å². The molecule has 0 saturated carbocycles. The third-order valence-electron chi connectivity index (χ3n) is 5.41. The van der Waals surface area contributed by atoms with Gasteiger partial charge in [0.1, 0.15) is 16.4 Å². The molecule has 0 spiro atoms. The first kappa shape index (κ1) is 29.0. The van der Waals surface area contributed by atoms with Crippen molar-refractivity contribution in [3.8, 4) is 17.2 Å². The van der Waals surface area contributed by atoms with Gasteiger partial charge < -0.3 is 9.84 Å². The van der Waals surface area contributed by atoms with E-state index in [9.17, 15) is 18.1 Å². The van der Waals surface area contributed by atoms with Gasteiger partial charge in [-0.1, -0.05) is 89.3 Å². The zero-order valence-corrected chi connectivity index (χ0v) is 22.3. The monoisotopic (exact) mass is 470 g/mol. The maximum Gasteiger partial charge on any atom is 1.00 e. The number of unbranched alkanes of at least 4 members (excludes halogenated alkanes) is 10. The van der Waals surface area contributed by atoms with E-state index in [0.29, 0.717) is 17.7 Å². The molecule has 2 aromatic carbocycles. The van der Waals surface area contributed by atoms with Gasteiger partial charge in [-0.05, 0) is 36.6 Å². The Hall–Kier alpha value is -1.05. The first-order valence-corrected chi connectivity index (χ1v) is 12.9. The second-order valence-electron chi connectivity index (χ2n) is 8.11. The van der Waals surface area contributed by atoms with Crippen molar-refractivity contribution >= 4 is 10.1 Å². The predicted octanol–water partition coefficient (Wildman–Crippen LogP) is 3.66. The molecule has 2 rings (SSSR count). The van der Waals surface area contributed by atoms with Crippen LogP contribution in [0.3, 0.4) is 0 Å². The third kappa shape index (κ3) is 11.2. The summed E-state index contributed by atoms with van der Waals surface area (Å²) in [5.41, 5.74) is 0.586. The molecule has 0 aliphatic heterocycles. The van der Waals surface area contributed by atoms with Crippen LogP contribution in [0, 0.1) is 0 Å². The summed E-state index contributed by atoms with van der Waals surface area (Å²) >= 11 is 0. The number of aryl methyl sites for hydroxylation is 1. The molecule has 5 nitrogen and oxygen atoms in total. The summed E-state index contributed by atoms with van der Waals surface area (Å²) < 4.78 is 39.0. The molecule has 0 heterocycles. The number of hydrogen-bond acceptors (Lipinski definition) is 4. The molecular weight excluding hydrogens is 435 g/mol. The van der Waals surface area contributed by atoms with Gasteiger partial charge in [-0.3, -0.25) is 4.55 Å². The van der Waals surface area contributed by atoms with E-state index in [1.165, 1.54) is 69.6 Å². The summed E-state index contributed by atoms with van der Waals surface area (Å²) in [6.45, 7) is 2.23. The van der Waals surface area contributed by atoms with Gasteiger partial charge in [0.25, 0.3) is 10.1 Å². The van der Waals surface area contributed by atoms with E-state index in [1.807, 2.05) is 0 Å². The summed E-state index contributed by atoms with van der Waals surface area (Å²) in [6, 6.07) is 10.6. The van der Waals surface area contributed by atoms with Gasteiger partial charge in [-0.2, -0.15) is 8.42 Å². The van der Waals surface area contributed by atoms with Crippen LogP contribution in [0.4, 0.5) is 0 Å². The van der Waals surface area contributed by atoms with Crippen LogP contribution in [0.1, 0.15) is 83.1 Å². The van der Waals surface area contributed by atoms with E-state index in [2.05, 4.69) is 6.92 Å². The van der Waals surface area contributed by atoms with Crippen molar-refractivity contribution < 1.29 is 52.4 Å². The predicted molar refractivity (Wildman–Crippen MR) is 122 cm³/mol. The van der Waals surface area contributed by atoms with Gasteiger partial charge in [-0.15, -0.1) is 5.75 Å². The third-order valence-corrected chi connectivity index (χ3v) is 6.34. The molecule has 0 atom stereocenters. The van der Waals surface area contributed by atoms with Gasteiger partial charge in [0.15, 0.2) is 0 Å². The van der Waals surface area contributed by atoms with Crippen molar-refractivity contribution in [3.63, 3.8) is 0 Å². The van der Waals surface area contributed by atoms with E-state index < -0.39 is 10.1 Å². The molecule has 32 heavy (non-hydrogen) atoms. The van der Waals surface area contributed by atoms with E-state index in [1.54, 1.807) is 24.3 Å². The number of benzene rings is 2. The Balaban J connectivity index is 0.00000512. The molecule has 0 unspecified atom stereocenters. The molecule has 1 N–H and O–H groups in total. The Morgan fingerprint density at radius 1 is 0.812 bits per heavy atom. The number of ether oxygens (including phenoxy) is 1. The van der Waals surface area contributed by atoms with Crippen molar-refractivity contribution in [3.05, 3.63) is 48.0 Å². The molecule has 0 saturated heterocycles. The van der Waals surface area contributed by atoms with Crippen molar-refractivity contribution in [2.45, 2.75) is 88.9 Å². The van der Waals surface area contributed by atoms with E-state index in [-0.39, 0.29) is 46.0 Å². The largest absolute Gasteiger partial charge is 1.00 e. The molecule has 0 aliphatic rings. The molecule has 0 aromatic heterocycles. The normalized spacial score (nSPS) is 11.2. The van der Waals surface area contributed by atoms with Crippen LogP contribution in [0.2, 0.25) is 0 Å². The Kier molecular flexibility index (Phi) is 14.2. The van der Waals surface area contributed by atoms with E-state index >= 15 is 0 Å². The average molecular weight is 471 g/mol. The fourth-order valence-electron chi connectivity index (χ4n) is 3.70. The molecular formula is C25H35NaO5S. The van der Waals surface area contributed by atoms with Crippen LogP contribution in [0.15, 0.2) is 47.4 Å². The minimum Gasteiger partial charge on any atom is -0.872 e. The first-order valence-electron chi connectivity index (χ1n) is 11.5. The van der Waals surface area contributed by atoms with Crippen molar-refractivity contribution in [2.75, 3.05) is 0 Å². The van der Waals surface area contributed by atoms with Gasteiger partial charge in [0.2, 0.25) is 0 Å². The van der Waals surface area contributed by atoms with Crippen molar-refractivity contribution in [2.24, 2.45) is 0 Å². The molecule has 0 fully saturated rings. The average Bonchev–Trinajstić information content (AvgIpc) is 2.72.